The lowest BCUT2D eigenvalue weighted by Crippen LogP contribution is -2.50. The number of aromatic nitrogens is 1. The number of hydrogen-bond donors (Lipinski definition) is 1. The summed E-state index contributed by atoms with van der Waals surface area (Å²) in [6, 6.07) is 11.2. The minimum absolute atomic E-state index is 0. The van der Waals surface area contributed by atoms with Crippen molar-refractivity contribution in [1.29, 1.82) is 0 Å². The van der Waals surface area contributed by atoms with Crippen LogP contribution in [-0.2, 0) is 6.54 Å². The van der Waals surface area contributed by atoms with E-state index in [1.807, 2.05) is 0 Å². The highest BCUT2D eigenvalue weighted by Gasteiger charge is 2.26. The molecule has 1 unspecified atom stereocenters. The fourth-order valence-corrected chi connectivity index (χ4v) is 4.38. The first-order valence-corrected chi connectivity index (χ1v) is 9.43. The number of hydrogen-bond acceptors (Lipinski definition) is 5. The molecule has 24 heavy (non-hydrogen) atoms. The molecule has 0 spiro atoms. The summed E-state index contributed by atoms with van der Waals surface area (Å²) in [7, 11) is 0. The zero-order valence-corrected chi connectivity index (χ0v) is 15.5. The van der Waals surface area contributed by atoms with Crippen LogP contribution in [0.3, 0.4) is 0 Å². The van der Waals surface area contributed by atoms with Gasteiger partial charge in [0.2, 0.25) is 0 Å². The molecule has 0 bridgehead atoms. The van der Waals surface area contributed by atoms with Crippen molar-refractivity contribution in [3.05, 3.63) is 41.4 Å². The highest BCUT2D eigenvalue weighted by Crippen LogP contribution is 2.24. The summed E-state index contributed by atoms with van der Waals surface area (Å²) in [6.07, 6.45) is 1.31. The molecule has 4 rings (SSSR count). The normalized spacial score (nSPS) is 22.4. The maximum absolute atomic E-state index is 4.82. The average Bonchev–Trinajstić information content (AvgIpc) is 3.28. The van der Waals surface area contributed by atoms with Gasteiger partial charge in [0.05, 0.1) is 5.69 Å². The Labute approximate surface area is 154 Å². The van der Waals surface area contributed by atoms with Gasteiger partial charge in [0, 0.05) is 56.3 Å². The third kappa shape index (κ3) is 4.16. The Balaban J connectivity index is 0.00000169. The molecule has 1 aromatic heterocycles. The molecule has 1 aromatic carbocycles. The molecule has 2 saturated heterocycles. The van der Waals surface area contributed by atoms with Crippen molar-refractivity contribution in [3.63, 3.8) is 0 Å². The van der Waals surface area contributed by atoms with E-state index in [-0.39, 0.29) is 12.4 Å². The van der Waals surface area contributed by atoms with Crippen LogP contribution in [0.2, 0.25) is 0 Å². The van der Waals surface area contributed by atoms with E-state index < -0.39 is 0 Å². The predicted molar refractivity (Wildman–Crippen MR) is 103 cm³/mol. The highest BCUT2D eigenvalue weighted by atomic mass is 35.5. The zero-order valence-electron chi connectivity index (χ0n) is 13.9. The number of halogens is 1. The van der Waals surface area contributed by atoms with Gasteiger partial charge in [0.1, 0.15) is 5.01 Å². The van der Waals surface area contributed by atoms with Crippen LogP contribution in [0.4, 0.5) is 0 Å². The molecular formula is C18H25ClN4S. The van der Waals surface area contributed by atoms with Crippen molar-refractivity contribution < 1.29 is 0 Å². The third-order valence-corrected chi connectivity index (χ3v) is 5.86. The molecule has 0 radical (unpaired) electrons. The van der Waals surface area contributed by atoms with Crippen molar-refractivity contribution in [1.82, 2.24) is 20.1 Å². The molecule has 0 saturated carbocycles. The maximum atomic E-state index is 4.82. The summed E-state index contributed by atoms with van der Waals surface area (Å²) in [5.41, 5.74) is 2.44. The Morgan fingerprint density at radius 3 is 2.62 bits per heavy atom. The second-order valence-electron chi connectivity index (χ2n) is 6.47. The minimum atomic E-state index is 0. The molecule has 4 nitrogen and oxygen atoms in total. The zero-order chi connectivity index (χ0) is 15.5. The Morgan fingerprint density at radius 1 is 1.12 bits per heavy atom. The molecule has 0 aliphatic carbocycles. The molecule has 2 aliphatic rings. The number of rotatable bonds is 4. The van der Waals surface area contributed by atoms with Gasteiger partial charge in [-0.2, -0.15) is 0 Å². The maximum Gasteiger partial charge on any atom is 0.123 e. The number of piperazine rings is 1. The summed E-state index contributed by atoms with van der Waals surface area (Å²) in [4.78, 5) is 10.0. The van der Waals surface area contributed by atoms with Gasteiger partial charge < -0.3 is 5.32 Å². The first kappa shape index (κ1) is 17.8. The van der Waals surface area contributed by atoms with Gasteiger partial charge >= 0.3 is 0 Å². The Bertz CT molecular complexity index is 619. The second kappa shape index (κ2) is 8.41. The molecule has 2 aliphatic heterocycles. The highest BCUT2D eigenvalue weighted by molar-refractivity contribution is 7.13. The molecule has 2 fully saturated rings. The lowest BCUT2D eigenvalue weighted by molar-refractivity contribution is 0.0975. The number of benzene rings is 1. The average molecular weight is 365 g/mol. The standard InChI is InChI=1S/C18H24N4S.ClH/c1-2-4-15(5-3-1)18-20-16(14-23-18)13-21-8-10-22(11-9-21)17-6-7-19-12-17;/h1-5,14,17,19H,6-13H2;1H. The molecule has 130 valence electrons. The number of thiazole rings is 1. The Hall–Kier alpha value is -0.980. The van der Waals surface area contributed by atoms with Gasteiger partial charge in [-0.15, -0.1) is 23.7 Å². The van der Waals surface area contributed by atoms with Crippen molar-refractivity contribution in [2.75, 3.05) is 39.3 Å². The topological polar surface area (TPSA) is 31.4 Å². The van der Waals surface area contributed by atoms with Crippen LogP contribution in [0.25, 0.3) is 10.6 Å². The van der Waals surface area contributed by atoms with E-state index in [9.17, 15) is 0 Å². The smallest absolute Gasteiger partial charge is 0.123 e. The van der Waals surface area contributed by atoms with E-state index in [1.165, 1.54) is 43.9 Å². The molecule has 6 heteroatoms. The first-order valence-electron chi connectivity index (χ1n) is 8.55. The lowest BCUT2D eigenvalue weighted by Gasteiger charge is -2.37. The van der Waals surface area contributed by atoms with Crippen LogP contribution in [0.5, 0.6) is 0 Å². The van der Waals surface area contributed by atoms with Gasteiger partial charge in [-0.1, -0.05) is 30.3 Å². The molecule has 1 atom stereocenters. The SMILES string of the molecule is Cl.c1ccc(-c2nc(CN3CCN(C4CCNC4)CC3)cs2)cc1. The predicted octanol–water partition coefficient (Wildman–Crippen LogP) is 2.71. The largest absolute Gasteiger partial charge is 0.315 e. The van der Waals surface area contributed by atoms with Crippen molar-refractivity contribution in [2.45, 2.75) is 19.0 Å². The summed E-state index contributed by atoms with van der Waals surface area (Å²) >= 11 is 1.76. The van der Waals surface area contributed by atoms with Gasteiger partial charge in [-0.3, -0.25) is 9.80 Å². The molecule has 1 N–H and O–H groups in total. The number of nitrogens with one attached hydrogen (secondary N) is 1. The van der Waals surface area contributed by atoms with Crippen LogP contribution in [0.15, 0.2) is 35.7 Å². The molecule has 3 heterocycles. The van der Waals surface area contributed by atoms with Crippen molar-refractivity contribution in [2.24, 2.45) is 0 Å². The fourth-order valence-electron chi connectivity index (χ4n) is 3.56. The van der Waals surface area contributed by atoms with Gasteiger partial charge in [0.25, 0.3) is 0 Å². The number of nitrogens with zero attached hydrogens (tertiary/aromatic N) is 3. The Morgan fingerprint density at radius 2 is 1.92 bits per heavy atom. The van der Waals surface area contributed by atoms with Gasteiger partial charge in [0.15, 0.2) is 0 Å². The molecule has 2 aromatic rings. The summed E-state index contributed by atoms with van der Waals surface area (Å²) in [5, 5.41) is 6.83. The van der Waals surface area contributed by atoms with E-state index in [0.717, 1.165) is 30.7 Å². The van der Waals surface area contributed by atoms with E-state index in [4.69, 9.17) is 4.98 Å². The van der Waals surface area contributed by atoms with E-state index in [0.29, 0.717) is 0 Å². The second-order valence-corrected chi connectivity index (χ2v) is 7.33. The van der Waals surface area contributed by atoms with E-state index >= 15 is 0 Å². The van der Waals surface area contributed by atoms with Crippen LogP contribution >= 0.6 is 23.7 Å². The lowest BCUT2D eigenvalue weighted by atomic mass is 10.2. The summed E-state index contributed by atoms with van der Waals surface area (Å²) in [5.74, 6) is 0. The van der Waals surface area contributed by atoms with E-state index in [1.54, 1.807) is 11.3 Å². The van der Waals surface area contributed by atoms with Crippen molar-refractivity contribution in [3.8, 4) is 10.6 Å². The van der Waals surface area contributed by atoms with Crippen LogP contribution in [-0.4, -0.2) is 60.1 Å². The van der Waals surface area contributed by atoms with Crippen molar-refractivity contribution >= 4 is 23.7 Å². The van der Waals surface area contributed by atoms with Gasteiger partial charge in [-0.25, -0.2) is 4.98 Å². The Kier molecular flexibility index (Phi) is 6.25. The third-order valence-electron chi connectivity index (χ3n) is 4.92. The fraction of sp³-hybridized carbons (Fsp3) is 0.500. The monoisotopic (exact) mass is 364 g/mol. The van der Waals surface area contributed by atoms with Crippen LogP contribution in [0.1, 0.15) is 12.1 Å². The minimum Gasteiger partial charge on any atom is -0.315 e. The molecular weight excluding hydrogens is 340 g/mol. The summed E-state index contributed by atoms with van der Waals surface area (Å²) in [6.45, 7) is 8.06. The quantitative estimate of drug-likeness (QED) is 0.903. The van der Waals surface area contributed by atoms with Crippen LogP contribution in [0, 0.1) is 0 Å². The first-order chi connectivity index (χ1) is 11.4. The summed E-state index contributed by atoms with van der Waals surface area (Å²) < 4.78 is 0. The molecule has 0 amide bonds. The van der Waals surface area contributed by atoms with Crippen LogP contribution < -0.4 is 5.32 Å². The van der Waals surface area contributed by atoms with E-state index in [2.05, 4.69) is 50.8 Å². The van der Waals surface area contributed by atoms with Gasteiger partial charge in [-0.05, 0) is 13.0 Å².